The Morgan fingerprint density at radius 1 is 1.24 bits per heavy atom. The van der Waals surface area contributed by atoms with Crippen LogP contribution in [0.5, 0.6) is 0 Å². The monoisotopic (exact) mass is 300 g/mol. The number of thioether (sulfide) groups is 1. The standard InChI is InChI=1S/C17H20N2OS/c1-13(14-6-9-16(21-2)10-7-14)19-17(20)11-8-15-5-3-4-12-18-15/h3-7,9-10,12-13H,8,11H2,1-2H3,(H,19,20). The van der Waals surface area contributed by atoms with Crippen molar-refractivity contribution in [2.75, 3.05) is 6.26 Å². The van der Waals surface area contributed by atoms with Crippen LogP contribution in [0.4, 0.5) is 0 Å². The zero-order valence-electron chi connectivity index (χ0n) is 12.4. The molecule has 0 saturated carbocycles. The van der Waals surface area contributed by atoms with Crippen LogP contribution in [0, 0.1) is 0 Å². The molecule has 1 N–H and O–H groups in total. The molecule has 2 aromatic rings. The Balaban J connectivity index is 1.83. The number of nitrogens with zero attached hydrogens (tertiary/aromatic N) is 1. The van der Waals surface area contributed by atoms with E-state index in [9.17, 15) is 4.79 Å². The Bertz CT molecular complexity index is 569. The maximum absolute atomic E-state index is 12.0. The number of hydrogen-bond donors (Lipinski definition) is 1. The number of benzene rings is 1. The summed E-state index contributed by atoms with van der Waals surface area (Å²) < 4.78 is 0. The van der Waals surface area contributed by atoms with Crippen molar-refractivity contribution in [1.82, 2.24) is 10.3 Å². The molecule has 0 saturated heterocycles. The minimum atomic E-state index is 0.0251. The summed E-state index contributed by atoms with van der Waals surface area (Å²) in [6.07, 6.45) is 4.94. The number of rotatable bonds is 6. The van der Waals surface area contributed by atoms with Gasteiger partial charge in [0.2, 0.25) is 5.91 Å². The molecule has 1 aromatic carbocycles. The third-order valence-corrected chi connectivity index (χ3v) is 4.07. The fourth-order valence-corrected chi connectivity index (χ4v) is 2.49. The van der Waals surface area contributed by atoms with Gasteiger partial charge in [0, 0.05) is 23.2 Å². The van der Waals surface area contributed by atoms with Gasteiger partial charge in [0.25, 0.3) is 0 Å². The van der Waals surface area contributed by atoms with Gasteiger partial charge in [-0.3, -0.25) is 9.78 Å². The molecule has 2 rings (SSSR count). The van der Waals surface area contributed by atoms with E-state index in [1.54, 1.807) is 18.0 Å². The molecule has 3 nitrogen and oxygen atoms in total. The van der Waals surface area contributed by atoms with Gasteiger partial charge in [-0.2, -0.15) is 0 Å². The van der Waals surface area contributed by atoms with Crippen molar-refractivity contribution in [3.63, 3.8) is 0 Å². The molecule has 1 amide bonds. The molecule has 0 aliphatic heterocycles. The maximum Gasteiger partial charge on any atom is 0.220 e. The molecule has 0 radical (unpaired) electrons. The Kier molecular flexibility index (Phi) is 5.81. The third kappa shape index (κ3) is 4.90. The SMILES string of the molecule is CSc1ccc(C(C)NC(=O)CCc2ccccn2)cc1. The van der Waals surface area contributed by atoms with Gasteiger partial charge in [-0.05, 0) is 49.4 Å². The molecule has 21 heavy (non-hydrogen) atoms. The van der Waals surface area contributed by atoms with Gasteiger partial charge in [-0.1, -0.05) is 18.2 Å². The van der Waals surface area contributed by atoms with Crippen LogP contribution < -0.4 is 5.32 Å². The Morgan fingerprint density at radius 2 is 2.00 bits per heavy atom. The topological polar surface area (TPSA) is 42.0 Å². The van der Waals surface area contributed by atoms with Crippen LogP contribution in [0.3, 0.4) is 0 Å². The predicted molar refractivity (Wildman–Crippen MR) is 87.3 cm³/mol. The molecule has 110 valence electrons. The average Bonchev–Trinajstić information content (AvgIpc) is 2.54. The summed E-state index contributed by atoms with van der Waals surface area (Å²) in [6, 6.07) is 14.1. The molecule has 1 heterocycles. The lowest BCUT2D eigenvalue weighted by molar-refractivity contribution is -0.121. The molecule has 1 unspecified atom stereocenters. The average molecular weight is 300 g/mol. The van der Waals surface area contributed by atoms with E-state index < -0.39 is 0 Å². The van der Waals surface area contributed by atoms with Crippen molar-refractivity contribution in [1.29, 1.82) is 0 Å². The molecule has 1 atom stereocenters. The normalized spacial score (nSPS) is 11.9. The molecule has 0 aliphatic carbocycles. The highest BCUT2D eigenvalue weighted by Crippen LogP contribution is 2.18. The summed E-state index contributed by atoms with van der Waals surface area (Å²) in [5, 5.41) is 3.03. The summed E-state index contributed by atoms with van der Waals surface area (Å²) >= 11 is 1.71. The molecule has 0 bridgehead atoms. The van der Waals surface area contributed by atoms with Crippen LogP contribution in [0.1, 0.15) is 30.6 Å². The number of hydrogen-bond acceptors (Lipinski definition) is 3. The van der Waals surface area contributed by atoms with E-state index in [1.165, 1.54) is 4.90 Å². The summed E-state index contributed by atoms with van der Waals surface area (Å²) in [5.74, 6) is 0.0575. The Labute approximate surface area is 130 Å². The number of carbonyl (C=O) groups is 1. The first kappa shape index (κ1) is 15.6. The lowest BCUT2D eigenvalue weighted by atomic mass is 10.1. The van der Waals surface area contributed by atoms with E-state index in [0.717, 1.165) is 11.3 Å². The molecule has 1 aromatic heterocycles. The van der Waals surface area contributed by atoms with Crippen LogP contribution >= 0.6 is 11.8 Å². The second-order valence-corrected chi connectivity index (χ2v) is 5.76. The van der Waals surface area contributed by atoms with Crippen LogP contribution in [0.25, 0.3) is 0 Å². The first-order chi connectivity index (χ1) is 10.2. The molecule has 0 fully saturated rings. The van der Waals surface area contributed by atoms with E-state index in [-0.39, 0.29) is 11.9 Å². The van der Waals surface area contributed by atoms with Gasteiger partial charge in [0.1, 0.15) is 0 Å². The largest absolute Gasteiger partial charge is 0.350 e. The second kappa shape index (κ2) is 7.84. The van der Waals surface area contributed by atoms with Gasteiger partial charge in [-0.15, -0.1) is 11.8 Å². The van der Waals surface area contributed by atoms with E-state index in [4.69, 9.17) is 0 Å². The first-order valence-corrected chi connectivity index (χ1v) is 8.24. The third-order valence-electron chi connectivity index (χ3n) is 3.33. The fourth-order valence-electron chi connectivity index (χ4n) is 2.08. The lowest BCUT2D eigenvalue weighted by Crippen LogP contribution is -2.26. The van der Waals surface area contributed by atoms with E-state index in [0.29, 0.717) is 12.8 Å². The number of carbonyl (C=O) groups excluding carboxylic acids is 1. The smallest absolute Gasteiger partial charge is 0.220 e. The van der Waals surface area contributed by atoms with Gasteiger partial charge in [-0.25, -0.2) is 0 Å². The van der Waals surface area contributed by atoms with Gasteiger partial charge in [0.15, 0.2) is 0 Å². The molecule has 0 spiro atoms. The van der Waals surface area contributed by atoms with Crippen LogP contribution in [-0.4, -0.2) is 17.1 Å². The quantitative estimate of drug-likeness (QED) is 0.829. The molecule has 4 heteroatoms. The second-order valence-electron chi connectivity index (χ2n) is 4.88. The van der Waals surface area contributed by atoms with E-state index in [2.05, 4.69) is 40.8 Å². The van der Waals surface area contributed by atoms with Crippen molar-refractivity contribution in [2.45, 2.75) is 30.7 Å². The Morgan fingerprint density at radius 3 is 2.62 bits per heavy atom. The Hall–Kier alpha value is -1.81. The number of pyridine rings is 1. The lowest BCUT2D eigenvalue weighted by Gasteiger charge is -2.14. The van der Waals surface area contributed by atoms with Crippen LogP contribution in [0.15, 0.2) is 53.6 Å². The van der Waals surface area contributed by atoms with Crippen molar-refractivity contribution in [3.8, 4) is 0 Å². The van der Waals surface area contributed by atoms with Crippen LogP contribution in [0.2, 0.25) is 0 Å². The summed E-state index contributed by atoms with van der Waals surface area (Å²) in [7, 11) is 0. The van der Waals surface area contributed by atoms with Gasteiger partial charge >= 0.3 is 0 Å². The first-order valence-electron chi connectivity index (χ1n) is 7.02. The van der Waals surface area contributed by atoms with Crippen molar-refractivity contribution < 1.29 is 4.79 Å². The van der Waals surface area contributed by atoms with Crippen molar-refractivity contribution in [2.24, 2.45) is 0 Å². The van der Waals surface area contributed by atoms with E-state index >= 15 is 0 Å². The highest BCUT2D eigenvalue weighted by atomic mass is 32.2. The highest BCUT2D eigenvalue weighted by molar-refractivity contribution is 7.98. The minimum absolute atomic E-state index is 0.0251. The van der Waals surface area contributed by atoms with E-state index in [1.807, 2.05) is 25.1 Å². The fraction of sp³-hybridized carbons (Fsp3) is 0.294. The number of nitrogens with one attached hydrogen (secondary N) is 1. The molecular weight excluding hydrogens is 280 g/mol. The minimum Gasteiger partial charge on any atom is -0.350 e. The van der Waals surface area contributed by atoms with Crippen LogP contribution in [-0.2, 0) is 11.2 Å². The molecule has 0 aliphatic rings. The number of amides is 1. The van der Waals surface area contributed by atoms with Crippen molar-refractivity contribution in [3.05, 3.63) is 59.9 Å². The zero-order chi connectivity index (χ0) is 15.1. The van der Waals surface area contributed by atoms with Gasteiger partial charge in [0.05, 0.1) is 6.04 Å². The van der Waals surface area contributed by atoms with Gasteiger partial charge < -0.3 is 5.32 Å². The maximum atomic E-state index is 12.0. The summed E-state index contributed by atoms with van der Waals surface area (Å²) in [4.78, 5) is 17.4. The summed E-state index contributed by atoms with van der Waals surface area (Å²) in [6.45, 7) is 2.01. The molecular formula is C17H20N2OS. The number of aryl methyl sites for hydroxylation is 1. The summed E-state index contributed by atoms with van der Waals surface area (Å²) in [5.41, 5.74) is 2.07. The predicted octanol–water partition coefficient (Wildman–Crippen LogP) is 3.61. The number of aromatic nitrogens is 1. The highest BCUT2D eigenvalue weighted by Gasteiger charge is 2.09. The van der Waals surface area contributed by atoms with Crippen molar-refractivity contribution >= 4 is 17.7 Å². The zero-order valence-corrected chi connectivity index (χ0v) is 13.2.